The van der Waals surface area contributed by atoms with Gasteiger partial charge in [-0.25, -0.2) is 9.78 Å². The monoisotopic (exact) mass is 392 g/mol. The molecule has 1 aliphatic carbocycles. The highest BCUT2D eigenvalue weighted by Gasteiger charge is 2.30. The van der Waals surface area contributed by atoms with Crippen molar-refractivity contribution in [3.8, 4) is 0 Å². The Labute approximate surface area is 163 Å². The number of carbonyl (C=O) groups is 2. The van der Waals surface area contributed by atoms with E-state index in [9.17, 15) is 9.59 Å². The Balaban J connectivity index is 1.25. The topological polar surface area (TPSA) is 94.6 Å². The zero-order valence-corrected chi connectivity index (χ0v) is 16.4. The number of piperidine rings is 1. The Morgan fingerprint density at radius 2 is 1.89 bits per heavy atom. The number of carboxylic acid groups (broad SMARTS) is 1. The van der Waals surface area contributed by atoms with Gasteiger partial charge in [-0.15, -0.1) is 11.3 Å². The van der Waals surface area contributed by atoms with Gasteiger partial charge in [-0.3, -0.25) is 4.79 Å². The highest BCUT2D eigenvalue weighted by molar-refractivity contribution is 7.11. The molecule has 0 atom stereocenters. The van der Waals surface area contributed by atoms with Crippen LogP contribution in [0.2, 0.25) is 0 Å². The smallest absolute Gasteiger partial charge is 0.317 e. The largest absolute Gasteiger partial charge is 0.481 e. The number of likely N-dealkylation sites (tertiary alicyclic amines) is 1. The van der Waals surface area contributed by atoms with Crippen LogP contribution >= 0.6 is 11.3 Å². The summed E-state index contributed by atoms with van der Waals surface area (Å²) in [6, 6.07) is 0.124. The van der Waals surface area contributed by atoms with E-state index in [-0.39, 0.29) is 18.0 Å². The quantitative estimate of drug-likeness (QED) is 0.734. The van der Waals surface area contributed by atoms with Crippen LogP contribution in [0.1, 0.15) is 60.0 Å². The first-order valence-corrected chi connectivity index (χ1v) is 10.9. The molecular formula is C19H28N4O3S. The Morgan fingerprint density at radius 1 is 1.15 bits per heavy atom. The lowest BCUT2D eigenvalue weighted by Crippen LogP contribution is -2.48. The molecule has 1 aromatic rings. The van der Waals surface area contributed by atoms with Gasteiger partial charge < -0.3 is 20.6 Å². The number of urea groups is 1. The molecule has 3 heterocycles. The van der Waals surface area contributed by atoms with Crippen molar-refractivity contribution in [3.05, 3.63) is 15.6 Å². The number of rotatable bonds is 3. The first-order chi connectivity index (χ1) is 13.1. The van der Waals surface area contributed by atoms with Crippen molar-refractivity contribution in [1.82, 2.24) is 20.5 Å². The molecule has 0 unspecified atom stereocenters. The standard InChI is InChI=1S/C19H28N4O3S/c24-18(25)13-1-3-14(4-2-13)21-19(26)23-9-6-12(7-10-23)17-22-15-5-8-20-11-16(15)27-17/h12-14,20H,1-11H2,(H,21,26)(H,24,25)/t13-,14-. The van der Waals surface area contributed by atoms with Crippen molar-refractivity contribution in [1.29, 1.82) is 0 Å². The maximum absolute atomic E-state index is 12.6. The number of nitrogens with zero attached hydrogens (tertiary/aromatic N) is 2. The van der Waals surface area contributed by atoms with Crippen LogP contribution in [0.15, 0.2) is 0 Å². The number of carboxylic acids is 1. The van der Waals surface area contributed by atoms with Crippen LogP contribution in [0.5, 0.6) is 0 Å². The Bertz CT molecular complexity index is 668. The summed E-state index contributed by atoms with van der Waals surface area (Å²) in [7, 11) is 0. The second-order valence-corrected chi connectivity index (χ2v) is 9.06. The Hall–Kier alpha value is -1.67. The number of aliphatic carboxylic acids is 1. The Morgan fingerprint density at radius 3 is 2.56 bits per heavy atom. The zero-order valence-electron chi connectivity index (χ0n) is 15.6. The summed E-state index contributed by atoms with van der Waals surface area (Å²) in [5.74, 6) is -0.481. The van der Waals surface area contributed by atoms with Gasteiger partial charge in [-0.05, 0) is 38.5 Å². The van der Waals surface area contributed by atoms with Crippen molar-refractivity contribution in [3.63, 3.8) is 0 Å². The van der Waals surface area contributed by atoms with Crippen LogP contribution in [-0.4, -0.2) is 52.7 Å². The fraction of sp³-hybridized carbons (Fsp3) is 0.737. The molecule has 2 amide bonds. The number of hydrogen-bond donors (Lipinski definition) is 3. The molecule has 27 heavy (non-hydrogen) atoms. The summed E-state index contributed by atoms with van der Waals surface area (Å²) in [6.07, 6.45) is 5.81. The average Bonchev–Trinajstić information content (AvgIpc) is 3.13. The minimum absolute atomic E-state index is 0.00913. The average molecular weight is 393 g/mol. The van der Waals surface area contributed by atoms with E-state index in [2.05, 4.69) is 10.6 Å². The van der Waals surface area contributed by atoms with Crippen molar-refractivity contribution >= 4 is 23.3 Å². The maximum atomic E-state index is 12.6. The number of fused-ring (bicyclic) bond motifs is 1. The SMILES string of the molecule is O=C(N[C@H]1CC[C@H](C(=O)O)CC1)N1CCC(c2nc3c(s2)CNCC3)CC1. The number of aromatic nitrogens is 1. The summed E-state index contributed by atoms with van der Waals surface area (Å²) >= 11 is 1.84. The van der Waals surface area contributed by atoms with Crippen molar-refractivity contribution in [2.45, 2.75) is 63.5 Å². The molecule has 0 bridgehead atoms. The van der Waals surface area contributed by atoms with Gasteiger partial charge in [0.15, 0.2) is 0 Å². The van der Waals surface area contributed by atoms with E-state index in [4.69, 9.17) is 10.1 Å². The minimum Gasteiger partial charge on any atom is -0.481 e. The van der Waals surface area contributed by atoms with Gasteiger partial charge in [-0.2, -0.15) is 0 Å². The number of nitrogens with one attached hydrogen (secondary N) is 2. The number of carbonyl (C=O) groups excluding carboxylic acids is 1. The van der Waals surface area contributed by atoms with Gasteiger partial charge >= 0.3 is 12.0 Å². The van der Waals surface area contributed by atoms with Crippen molar-refractivity contribution in [2.24, 2.45) is 5.92 Å². The molecule has 148 valence electrons. The highest BCUT2D eigenvalue weighted by Crippen LogP contribution is 2.33. The second-order valence-electron chi connectivity index (χ2n) is 7.95. The van der Waals surface area contributed by atoms with Crippen molar-refractivity contribution in [2.75, 3.05) is 19.6 Å². The fourth-order valence-electron chi connectivity index (χ4n) is 4.40. The summed E-state index contributed by atoms with van der Waals surface area (Å²) in [6.45, 7) is 3.49. The molecule has 7 nitrogen and oxygen atoms in total. The molecule has 8 heteroatoms. The molecule has 3 aliphatic rings. The Kier molecular flexibility index (Phi) is 5.63. The van der Waals surface area contributed by atoms with E-state index < -0.39 is 5.97 Å². The van der Waals surface area contributed by atoms with Crippen LogP contribution in [0.3, 0.4) is 0 Å². The first-order valence-electron chi connectivity index (χ1n) is 10.1. The molecule has 1 saturated heterocycles. The van der Waals surface area contributed by atoms with Crippen LogP contribution in [0.25, 0.3) is 0 Å². The van der Waals surface area contributed by atoms with Gasteiger partial charge in [0, 0.05) is 49.4 Å². The minimum atomic E-state index is -0.707. The summed E-state index contributed by atoms with van der Waals surface area (Å²) in [5.41, 5.74) is 1.27. The van der Waals surface area contributed by atoms with Gasteiger partial charge in [-0.1, -0.05) is 0 Å². The third kappa shape index (κ3) is 4.27. The normalized spacial score (nSPS) is 26.4. The lowest BCUT2D eigenvalue weighted by molar-refractivity contribution is -0.142. The molecule has 0 radical (unpaired) electrons. The van der Waals surface area contributed by atoms with E-state index in [0.717, 1.165) is 58.3 Å². The van der Waals surface area contributed by atoms with Crippen LogP contribution in [0, 0.1) is 5.92 Å². The van der Waals surface area contributed by atoms with Crippen LogP contribution in [-0.2, 0) is 17.8 Å². The van der Waals surface area contributed by atoms with E-state index >= 15 is 0 Å². The fourth-order valence-corrected chi connectivity index (χ4v) is 5.65. The van der Waals surface area contributed by atoms with Gasteiger partial charge in [0.05, 0.1) is 16.6 Å². The molecular weight excluding hydrogens is 364 g/mol. The van der Waals surface area contributed by atoms with E-state index in [1.165, 1.54) is 15.6 Å². The molecule has 1 saturated carbocycles. The molecule has 3 N–H and O–H groups in total. The van der Waals surface area contributed by atoms with E-state index in [0.29, 0.717) is 18.8 Å². The number of amides is 2. The summed E-state index contributed by atoms with van der Waals surface area (Å²) in [5, 5.41) is 16.8. The van der Waals surface area contributed by atoms with Gasteiger partial charge in [0.1, 0.15) is 0 Å². The summed E-state index contributed by atoms with van der Waals surface area (Å²) in [4.78, 5) is 31.8. The lowest BCUT2D eigenvalue weighted by atomic mass is 9.86. The first kappa shape index (κ1) is 18.7. The molecule has 0 aromatic carbocycles. The van der Waals surface area contributed by atoms with E-state index in [1.807, 2.05) is 16.2 Å². The third-order valence-electron chi connectivity index (χ3n) is 6.15. The van der Waals surface area contributed by atoms with Gasteiger partial charge in [0.2, 0.25) is 0 Å². The van der Waals surface area contributed by atoms with Crippen LogP contribution in [0.4, 0.5) is 4.79 Å². The second kappa shape index (κ2) is 8.14. The van der Waals surface area contributed by atoms with E-state index in [1.54, 1.807) is 0 Å². The van der Waals surface area contributed by atoms with Crippen molar-refractivity contribution < 1.29 is 14.7 Å². The maximum Gasteiger partial charge on any atom is 0.317 e. The predicted molar refractivity (Wildman–Crippen MR) is 103 cm³/mol. The zero-order chi connectivity index (χ0) is 18.8. The molecule has 4 rings (SSSR count). The number of thiazole rings is 1. The van der Waals surface area contributed by atoms with Crippen LogP contribution < -0.4 is 10.6 Å². The van der Waals surface area contributed by atoms with Gasteiger partial charge in [0.25, 0.3) is 0 Å². The molecule has 1 aromatic heterocycles. The number of hydrogen-bond acceptors (Lipinski definition) is 5. The molecule has 2 fully saturated rings. The lowest BCUT2D eigenvalue weighted by Gasteiger charge is -2.34. The molecule has 0 spiro atoms. The predicted octanol–water partition coefficient (Wildman–Crippen LogP) is 2.32. The summed E-state index contributed by atoms with van der Waals surface area (Å²) < 4.78 is 0. The molecule has 2 aliphatic heterocycles. The third-order valence-corrected chi connectivity index (χ3v) is 7.41. The highest BCUT2D eigenvalue weighted by atomic mass is 32.1.